The minimum atomic E-state index is 0.760. The van der Waals surface area contributed by atoms with E-state index in [1.165, 1.54) is 22.3 Å². The van der Waals surface area contributed by atoms with Gasteiger partial charge < -0.3 is 5.73 Å². The van der Waals surface area contributed by atoms with Crippen molar-refractivity contribution < 1.29 is 0 Å². The van der Waals surface area contributed by atoms with Crippen LogP contribution in [0.5, 0.6) is 0 Å². The van der Waals surface area contributed by atoms with Crippen LogP contribution in [0, 0.1) is 0 Å². The number of nitrogens with two attached hydrogens (primary N) is 1. The number of hydrogen-bond donors (Lipinski definition) is 1. The Morgan fingerprint density at radius 1 is 1.00 bits per heavy atom. The second-order valence-corrected chi connectivity index (χ2v) is 4.60. The van der Waals surface area contributed by atoms with E-state index in [-0.39, 0.29) is 0 Å². The lowest BCUT2D eigenvalue weighted by atomic mass is 9.94. The fourth-order valence-corrected chi connectivity index (χ4v) is 2.28. The van der Waals surface area contributed by atoms with Crippen molar-refractivity contribution in [3.63, 3.8) is 0 Å². The van der Waals surface area contributed by atoms with Crippen LogP contribution < -0.4 is 5.73 Å². The smallest absolute Gasteiger partial charge is 0.00741 e. The molecule has 1 heteroatoms. The second kappa shape index (κ2) is 6.36. The molecular formula is C17H21N. The Kier molecular flexibility index (Phi) is 4.54. The molecule has 0 atom stereocenters. The summed E-state index contributed by atoms with van der Waals surface area (Å²) >= 11 is 0. The van der Waals surface area contributed by atoms with Gasteiger partial charge in [-0.3, -0.25) is 0 Å². The Bertz CT molecular complexity index is 488. The van der Waals surface area contributed by atoms with Crippen LogP contribution in [0.4, 0.5) is 0 Å². The summed E-state index contributed by atoms with van der Waals surface area (Å²) in [7, 11) is 0. The van der Waals surface area contributed by atoms with Gasteiger partial charge in [0.2, 0.25) is 0 Å². The van der Waals surface area contributed by atoms with Gasteiger partial charge in [0.1, 0.15) is 0 Å². The molecule has 2 rings (SSSR count). The Balaban J connectivity index is 2.37. The van der Waals surface area contributed by atoms with Gasteiger partial charge in [0.25, 0.3) is 0 Å². The van der Waals surface area contributed by atoms with E-state index in [4.69, 9.17) is 5.73 Å². The van der Waals surface area contributed by atoms with Gasteiger partial charge in [-0.2, -0.15) is 0 Å². The highest BCUT2D eigenvalue weighted by Crippen LogP contribution is 2.25. The zero-order valence-corrected chi connectivity index (χ0v) is 11.0. The average Bonchev–Trinajstić information content (AvgIpc) is 2.45. The van der Waals surface area contributed by atoms with Crippen LogP contribution in [0.25, 0.3) is 11.1 Å². The highest BCUT2D eigenvalue weighted by Gasteiger charge is 2.04. The number of benzene rings is 2. The molecule has 0 aliphatic rings. The van der Waals surface area contributed by atoms with Gasteiger partial charge in [0.05, 0.1) is 0 Å². The van der Waals surface area contributed by atoms with Gasteiger partial charge in [0, 0.05) is 0 Å². The van der Waals surface area contributed by atoms with Gasteiger partial charge in [-0.25, -0.2) is 0 Å². The lowest BCUT2D eigenvalue weighted by molar-refractivity contribution is 0.832. The fourth-order valence-electron chi connectivity index (χ4n) is 2.28. The van der Waals surface area contributed by atoms with Crippen molar-refractivity contribution in [3.05, 3.63) is 59.7 Å². The number of hydrogen-bond acceptors (Lipinski definition) is 1. The maximum atomic E-state index is 5.58. The second-order valence-electron chi connectivity index (χ2n) is 4.60. The van der Waals surface area contributed by atoms with E-state index >= 15 is 0 Å². The van der Waals surface area contributed by atoms with Crippen LogP contribution >= 0.6 is 0 Å². The van der Waals surface area contributed by atoms with E-state index in [0.717, 1.165) is 25.8 Å². The van der Waals surface area contributed by atoms with Crippen molar-refractivity contribution in [3.8, 4) is 11.1 Å². The summed E-state index contributed by atoms with van der Waals surface area (Å²) in [5.41, 5.74) is 11.1. The van der Waals surface area contributed by atoms with Gasteiger partial charge in [-0.15, -0.1) is 0 Å². The van der Waals surface area contributed by atoms with Crippen LogP contribution in [0.15, 0.2) is 48.5 Å². The summed E-state index contributed by atoms with van der Waals surface area (Å²) in [5.74, 6) is 0. The normalized spacial score (nSPS) is 10.6. The highest BCUT2D eigenvalue weighted by atomic mass is 14.5. The predicted molar refractivity (Wildman–Crippen MR) is 78.6 cm³/mol. The standard InChI is InChI=1S/C17H21N/c1-2-15-11-10-14(7-6-12-18)13-17(15)16-8-4-3-5-9-16/h3-5,8-11,13H,2,6-7,12,18H2,1H3. The number of rotatable bonds is 5. The third kappa shape index (κ3) is 2.99. The van der Waals surface area contributed by atoms with Gasteiger partial charge in [-0.1, -0.05) is 55.5 Å². The van der Waals surface area contributed by atoms with Crippen molar-refractivity contribution in [2.45, 2.75) is 26.2 Å². The molecule has 1 nitrogen and oxygen atoms in total. The van der Waals surface area contributed by atoms with E-state index < -0.39 is 0 Å². The first-order valence-corrected chi connectivity index (χ1v) is 6.72. The molecule has 0 radical (unpaired) electrons. The summed E-state index contributed by atoms with van der Waals surface area (Å²) in [5, 5.41) is 0. The Labute approximate surface area is 110 Å². The molecule has 94 valence electrons. The van der Waals surface area contributed by atoms with Crippen molar-refractivity contribution in [2.75, 3.05) is 6.54 Å². The van der Waals surface area contributed by atoms with Crippen molar-refractivity contribution in [2.24, 2.45) is 5.73 Å². The number of aryl methyl sites for hydroxylation is 2. The van der Waals surface area contributed by atoms with Gasteiger partial charge in [0.15, 0.2) is 0 Å². The molecule has 2 aromatic rings. The van der Waals surface area contributed by atoms with Crippen molar-refractivity contribution in [1.82, 2.24) is 0 Å². The van der Waals surface area contributed by atoms with Crippen LogP contribution in [0.3, 0.4) is 0 Å². The molecule has 0 aromatic heterocycles. The van der Waals surface area contributed by atoms with Crippen LogP contribution in [-0.2, 0) is 12.8 Å². The molecule has 0 spiro atoms. The quantitative estimate of drug-likeness (QED) is 0.843. The third-order valence-electron chi connectivity index (χ3n) is 3.31. The van der Waals surface area contributed by atoms with E-state index in [2.05, 4.69) is 55.5 Å². The molecule has 2 aromatic carbocycles. The zero-order valence-electron chi connectivity index (χ0n) is 11.0. The molecule has 0 aliphatic carbocycles. The van der Waals surface area contributed by atoms with Gasteiger partial charge in [-0.05, 0) is 48.1 Å². The van der Waals surface area contributed by atoms with E-state index in [1.54, 1.807) is 0 Å². The average molecular weight is 239 g/mol. The van der Waals surface area contributed by atoms with Crippen LogP contribution in [-0.4, -0.2) is 6.54 Å². The van der Waals surface area contributed by atoms with Crippen LogP contribution in [0.2, 0.25) is 0 Å². The summed E-state index contributed by atoms with van der Waals surface area (Å²) in [6, 6.07) is 17.4. The van der Waals surface area contributed by atoms with Crippen molar-refractivity contribution in [1.29, 1.82) is 0 Å². The summed E-state index contributed by atoms with van der Waals surface area (Å²) in [4.78, 5) is 0. The van der Waals surface area contributed by atoms with E-state index in [0.29, 0.717) is 0 Å². The summed E-state index contributed by atoms with van der Waals surface area (Å²) < 4.78 is 0. The minimum absolute atomic E-state index is 0.760. The molecule has 2 N–H and O–H groups in total. The Morgan fingerprint density at radius 3 is 2.44 bits per heavy atom. The molecule has 18 heavy (non-hydrogen) atoms. The first-order chi connectivity index (χ1) is 8.85. The molecule has 0 bridgehead atoms. The first kappa shape index (κ1) is 12.8. The summed E-state index contributed by atoms with van der Waals surface area (Å²) in [6.07, 6.45) is 3.20. The highest BCUT2D eigenvalue weighted by molar-refractivity contribution is 5.68. The fraction of sp³-hybridized carbons (Fsp3) is 0.294. The maximum Gasteiger partial charge on any atom is -0.00741 e. The first-order valence-electron chi connectivity index (χ1n) is 6.72. The molecule has 0 heterocycles. The third-order valence-corrected chi connectivity index (χ3v) is 3.31. The van der Waals surface area contributed by atoms with Crippen LogP contribution in [0.1, 0.15) is 24.5 Å². The van der Waals surface area contributed by atoms with Gasteiger partial charge >= 0.3 is 0 Å². The molecule has 0 saturated carbocycles. The summed E-state index contributed by atoms with van der Waals surface area (Å²) in [6.45, 7) is 2.97. The zero-order chi connectivity index (χ0) is 12.8. The molecule has 0 unspecified atom stereocenters. The Morgan fingerprint density at radius 2 is 1.78 bits per heavy atom. The van der Waals surface area contributed by atoms with Crippen molar-refractivity contribution >= 4 is 0 Å². The topological polar surface area (TPSA) is 26.0 Å². The largest absolute Gasteiger partial charge is 0.330 e. The SMILES string of the molecule is CCc1ccc(CCCN)cc1-c1ccccc1. The molecular weight excluding hydrogens is 218 g/mol. The molecule has 0 amide bonds. The lowest BCUT2D eigenvalue weighted by Crippen LogP contribution is -2.00. The maximum absolute atomic E-state index is 5.58. The van der Waals surface area contributed by atoms with E-state index in [9.17, 15) is 0 Å². The molecule has 0 saturated heterocycles. The lowest BCUT2D eigenvalue weighted by Gasteiger charge is -2.11. The molecule has 0 fully saturated rings. The predicted octanol–water partition coefficient (Wildman–Crippen LogP) is 3.81. The minimum Gasteiger partial charge on any atom is -0.330 e. The molecule has 0 aliphatic heterocycles. The Hall–Kier alpha value is -1.60. The monoisotopic (exact) mass is 239 g/mol. The van der Waals surface area contributed by atoms with E-state index in [1.807, 2.05) is 0 Å².